The Bertz CT molecular complexity index is 340. The van der Waals surface area contributed by atoms with Crippen LogP contribution in [0, 0.1) is 35.5 Å². The lowest BCUT2D eigenvalue weighted by molar-refractivity contribution is 0.324. The maximum absolute atomic E-state index is 2.79. The fourth-order valence-electron chi connectivity index (χ4n) is 7.39. The maximum atomic E-state index is 2.79. The van der Waals surface area contributed by atoms with Gasteiger partial charge in [0.05, 0.1) is 8.07 Å². The van der Waals surface area contributed by atoms with Crippen LogP contribution in [0.15, 0.2) is 0 Å². The molecule has 8 unspecified atom stereocenters. The van der Waals surface area contributed by atoms with Gasteiger partial charge in [-0.05, 0) is 85.1 Å². The number of fused-ring (bicyclic) bond motifs is 4. The van der Waals surface area contributed by atoms with E-state index in [1.54, 1.807) is 38.5 Å². The van der Waals surface area contributed by atoms with Gasteiger partial charge in [-0.1, -0.05) is 26.9 Å². The van der Waals surface area contributed by atoms with Crippen LogP contribution < -0.4 is 0 Å². The molecule has 1 heteroatoms. The fourth-order valence-corrected chi connectivity index (χ4v) is 13.0. The Morgan fingerprint density at radius 1 is 0.632 bits per heavy atom. The van der Waals surface area contributed by atoms with Crippen LogP contribution in [0.3, 0.4) is 0 Å². The van der Waals surface area contributed by atoms with E-state index in [0.29, 0.717) is 0 Å². The monoisotopic (exact) mass is 276 g/mol. The van der Waals surface area contributed by atoms with E-state index in [9.17, 15) is 0 Å². The van der Waals surface area contributed by atoms with Crippen LogP contribution >= 0.6 is 0 Å². The third kappa shape index (κ3) is 1.76. The second-order valence-corrected chi connectivity index (χ2v) is 14.6. The van der Waals surface area contributed by atoms with Crippen molar-refractivity contribution < 1.29 is 0 Å². The Morgan fingerprint density at radius 2 is 1.05 bits per heavy atom. The summed E-state index contributed by atoms with van der Waals surface area (Å²) >= 11 is 0. The van der Waals surface area contributed by atoms with Gasteiger partial charge in [-0.3, -0.25) is 0 Å². The summed E-state index contributed by atoms with van der Waals surface area (Å²) in [6.45, 7) is 10.7. The molecule has 4 aliphatic carbocycles. The van der Waals surface area contributed by atoms with Crippen molar-refractivity contribution >= 4 is 8.07 Å². The van der Waals surface area contributed by atoms with Gasteiger partial charge in [-0.25, -0.2) is 0 Å². The molecule has 0 saturated heterocycles. The van der Waals surface area contributed by atoms with E-state index in [1.165, 1.54) is 11.1 Å². The SMILES string of the molecule is CC1CC2CC1C([Si](C)(C)C1CC3CC(C)C1C3)C2. The van der Waals surface area contributed by atoms with E-state index in [0.717, 1.165) is 35.5 Å². The van der Waals surface area contributed by atoms with E-state index >= 15 is 0 Å². The van der Waals surface area contributed by atoms with Crippen LogP contribution in [0.4, 0.5) is 0 Å². The van der Waals surface area contributed by atoms with Crippen molar-refractivity contribution in [3.63, 3.8) is 0 Å². The summed E-state index contributed by atoms with van der Waals surface area (Å²) in [6, 6.07) is 0. The molecule has 0 aromatic carbocycles. The van der Waals surface area contributed by atoms with Crippen LogP contribution in [0.2, 0.25) is 24.2 Å². The molecule has 0 heterocycles. The molecule has 0 aromatic heterocycles. The first kappa shape index (κ1) is 12.9. The van der Waals surface area contributed by atoms with Crippen molar-refractivity contribution in [1.29, 1.82) is 0 Å². The summed E-state index contributed by atoms with van der Waals surface area (Å²) in [5.41, 5.74) is 2.38. The highest BCUT2D eigenvalue weighted by Gasteiger charge is 2.57. The van der Waals surface area contributed by atoms with Crippen molar-refractivity contribution in [2.75, 3.05) is 0 Å². The van der Waals surface area contributed by atoms with Gasteiger partial charge in [0.2, 0.25) is 0 Å². The van der Waals surface area contributed by atoms with Gasteiger partial charge in [-0.15, -0.1) is 0 Å². The van der Waals surface area contributed by atoms with Crippen molar-refractivity contribution in [3.8, 4) is 0 Å². The Labute approximate surface area is 120 Å². The highest BCUT2D eigenvalue weighted by atomic mass is 28.3. The minimum absolute atomic E-state index is 1.03. The van der Waals surface area contributed by atoms with Crippen LogP contribution in [-0.4, -0.2) is 8.07 Å². The van der Waals surface area contributed by atoms with E-state index in [4.69, 9.17) is 0 Å². The molecule has 0 N–H and O–H groups in total. The summed E-state index contributed by atoms with van der Waals surface area (Å²) < 4.78 is 0. The highest BCUT2D eigenvalue weighted by Crippen LogP contribution is 2.65. The second kappa shape index (κ2) is 4.12. The Morgan fingerprint density at radius 3 is 1.37 bits per heavy atom. The zero-order chi connectivity index (χ0) is 13.4. The third-order valence-electron chi connectivity index (χ3n) is 8.20. The first-order valence-corrected chi connectivity index (χ1v) is 12.1. The number of rotatable bonds is 2. The number of hydrogen-bond donors (Lipinski definition) is 0. The van der Waals surface area contributed by atoms with Gasteiger partial charge in [-0.2, -0.15) is 0 Å². The summed E-state index contributed by atoms with van der Waals surface area (Å²) in [5, 5.41) is 0. The van der Waals surface area contributed by atoms with Gasteiger partial charge in [0.15, 0.2) is 0 Å². The van der Waals surface area contributed by atoms with Gasteiger partial charge >= 0.3 is 0 Å². The highest BCUT2D eigenvalue weighted by molar-refractivity contribution is 6.80. The average molecular weight is 277 g/mol. The molecule has 8 atom stereocenters. The fraction of sp³-hybridized carbons (Fsp3) is 1.00. The summed E-state index contributed by atoms with van der Waals surface area (Å²) in [5.74, 6) is 6.67. The topological polar surface area (TPSA) is 0 Å². The Hall–Kier alpha value is 0.217. The minimum Gasteiger partial charge on any atom is -0.0689 e. The van der Waals surface area contributed by atoms with Crippen LogP contribution in [0.1, 0.15) is 52.4 Å². The molecule has 4 bridgehead atoms. The normalized spacial score (nSPS) is 56.2. The Kier molecular flexibility index (Phi) is 2.80. The molecule has 19 heavy (non-hydrogen) atoms. The maximum Gasteiger partial charge on any atom is 0.0541 e. The summed E-state index contributed by atoms with van der Waals surface area (Å²) in [6.07, 6.45) is 9.63. The van der Waals surface area contributed by atoms with Gasteiger partial charge in [0.25, 0.3) is 0 Å². The molecular weight excluding hydrogens is 244 g/mol. The summed E-state index contributed by atoms with van der Waals surface area (Å²) in [4.78, 5) is 0. The van der Waals surface area contributed by atoms with E-state index in [1.807, 2.05) is 0 Å². The van der Waals surface area contributed by atoms with Crippen molar-refractivity contribution in [1.82, 2.24) is 0 Å². The van der Waals surface area contributed by atoms with Crippen molar-refractivity contribution in [2.45, 2.75) is 76.5 Å². The second-order valence-electron chi connectivity index (χ2n) is 9.46. The van der Waals surface area contributed by atoms with Crippen LogP contribution in [0.25, 0.3) is 0 Å². The molecule has 4 rings (SSSR count). The molecule has 0 aliphatic heterocycles. The van der Waals surface area contributed by atoms with Gasteiger partial charge in [0, 0.05) is 0 Å². The average Bonchev–Trinajstić information content (AvgIpc) is 3.04. The van der Waals surface area contributed by atoms with Crippen LogP contribution in [-0.2, 0) is 0 Å². The van der Waals surface area contributed by atoms with E-state index < -0.39 is 8.07 Å². The first-order valence-electron chi connectivity index (χ1n) is 8.96. The molecule has 4 saturated carbocycles. The van der Waals surface area contributed by atoms with Gasteiger partial charge in [0.1, 0.15) is 0 Å². The molecular formula is C18H32Si. The van der Waals surface area contributed by atoms with Crippen molar-refractivity contribution in [2.24, 2.45) is 35.5 Å². The van der Waals surface area contributed by atoms with Crippen molar-refractivity contribution in [3.05, 3.63) is 0 Å². The largest absolute Gasteiger partial charge is 0.0689 e. The standard InChI is InChI=1S/C18H32Si/c1-11-5-13-7-15(11)17(9-13)19(3,4)18-10-14-6-12(2)16(18)8-14/h11-18H,5-10H2,1-4H3. The number of hydrogen-bond acceptors (Lipinski definition) is 0. The molecule has 108 valence electrons. The van der Waals surface area contributed by atoms with Gasteiger partial charge < -0.3 is 0 Å². The van der Waals surface area contributed by atoms with E-state index in [-0.39, 0.29) is 0 Å². The summed E-state index contributed by atoms with van der Waals surface area (Å²) in [7, 11) is -1.03. The van der Waals surface area contributed by atoms with E-state index in [2.05, 4.69) is 26.9 Å². The van der Waals surface area contributed by atoms with Crippen LogP contribution in [0.5, 0.6) is 0 Å². The zero-order valence-corrected chi connectivity index (χ0v) is 14.4. The molecule has 0 aromatic rings. The predicted octanol–water partition coefficient (Wildman–Crippen LogP) is 5.57. The lowest BCUT2D eigenvalue weighted by Gasteiger charge is -2.46. The molecule has 0 amide bonds. The zero-order valence-electron chi connectivity index (χ0n) is 13.4. The lowest BCUT2D eigenvalue weighted by atomic mass is 9.89. The predicted molar refractivity (Wildman–Crippen MR) is 85.0 cm³/mol. The smallest absolute Gasteiger partial charge is 0.0541 e. The first-order chi connectivity index (χ1) is 8.96. The third-order valence-corrected chi connectivity index (χ3v) is 13.4. The molecule has 4 fully saturated rings. The Balaban J connectivity index is 1.57. The molecule has 0 spiro atoms. The molecule has 0 nitrogen and oxygen atoms in total. The minimum atomic E-state index is -1.03. The molecule has 4 aliphatic rings. The lowest BCUT2D eigenvalue weighted by Crippen LogP contribution is -2.44. The quantitative estimate of drug-likeness (QED) is 0.579. The molecule has 0 radical (unpaired) electrons.